The molecule has 5 nitrogen and oxygen atoms in total. The molecule has 1 rings (SSSR count). The first-order valence-corrected chi connectivity index (χ1v) is 7.15. The summed E-state index contributed by atoms with van der Waals surface area (Å²) in [5.74, 6) is 0.744. The summed E-state index contributed by atoms with van der Waals surface area (Å²) < 4.78 is 5.20. The van der Waals surface area contributed by atoms with Crippen molar-refractivity contribution in [3.8, 4) is 11.8 Å². The van der Waals surface area contributed by atoms with Crippen molar-refractivity contribution < 1.29 is 9.53 Å². The van der Waals surface area contributed by atoms with Gasteiger partial charge in [0, 0.05) is 25.0 Å². The molecule has 0 heterocycles. The van der Waals surface area contributed by atoms with Gasteiger partial charge in [0.15, 0.2) is 6.61 Å². The molecule has 5 heteroatoms. The lowest BCUT2D eigenvalue weighted by atomic mass is 10.1. The molecule has 1 aromatic rings. The van der Waals surface area contributed by atoms with E-state index in [1.807, 2.05) is 51.1 Å². The topological polar surface area (TPSA) is 74.2 Å². The Morgan fingerprint density at radius 1 is 1.29 bits per heavy atom. The Bertz CT molecular complexity index is 477. The van der Waals surface area contributed by atoms with Gasteiger partial charge in [-0.1, -0.05) is 12.1 Å². The highest BCUT2D eigenvalue weighted by Gasteiger charge is 2.07. The van der Waals surface area contributed by atoms with Crippen LogP contribution < -0.4 is 15.4 Å². The number of nitriles is 1. The maximum atomic E-state index is 11.5. The van der Waals surface area contributed by atoms with E-state index in [1.54, 1.807) is 0 Å². The predicted octanol–water partition coefficient (Wildman–Crippen LogP) is 2.15. The lowest BCUT2D eigenvalue weighted by Crippen LogP contribution is -2.33. The maximum absolute atomic E-state index is 11.5. The summed E-state index contributed by atoms with van der Waals surface area (Å²) in [6.45, 7) is 6.63. The normalized spacial score (nSPS) is 11.8. The number of rotatable bonds is 8. The van der Waals surface area contributed by atoms with E-state index < -0.39 is 0 Å². The Hall–Kier alpha value is -2.06. The third-order valence-corrected chi connectivity index (χ3v) is 2.94. The van der Waals surface area contributed by atoms with E-state index in [-0.39, 0.29) is 24.6 Å². The van der Waals surface area contributed by atoms with Crippen LogP contribution in [-0.4, -0.2) is 25.1 Å². The molecule has 0 bridgehead atoms. The Balaban J connectivity index is 2.36. The van der Waals surface area contributed by atoms with Gasteiger partial charge >= 0.3 is 0 Å². The summed E-state index contributed by atoms with van der Waals surface area (Å²) in [6.07, 6.45) is 0.464. The Labute approximate surface area is 126 Å². The van der Waals surface area contributed by atoms with Gasteiger partial charge in [-0.2, -0.15) is 5.26 Å². The van der Waals surface area contributed by atoms with Gasteiger partial charge in [-0.3, -0.25) is 4.79 Å². The summed E-state index contributed by atoms with van der Waals surface area (Å²) >= 11 is 0. The fourth-order valence-electron chi connectivity index (χ4n) is 1.88. The predicted molar refractivity (Wildman–Crippen MR) is 81.9 cm³/mol. The number of carbonyl (C=O) groups is 1. The molecule has 1 amide bonds. The highest BCUT2D eigenvalue weighted by molar-refractivity contribution is 5.76. The molecule has 0 aliphatic rings. The molecule has 0 spiro atoms. The van der Waals surface area contributed by atoms with Crippen molar-refractivity contribution >= 4 is 5.91 Å². The van der Waals surface area contributed by atoms with Gasteiger partial charge in [0.05, 0.1) is 0 Å². The lowest BCUT2D eigenvalue weighted by Gasteiger charge is -2.15. The van der Waals surface area contributed by atoms with E-state index in [0.717, 1.165) is 5.56 Å². The van der Waals surface area contributed by atoms with Gasteiger partial charge in [-0.05, 0) is 38.5 Å². The Kier molecular flexibility index (Phi) is 7.27. The van der Waals surface area contributed by atoms with Crippen LogP contribution in [0.4, 0.5) is 0 Å². The second kappa shape index (κ2) is 8.98. The van der Waals surface area contributed by atoms with Crippen LogP contribution in [0.5, 0.6) is 5.75 Å². The first-order valence-electron chi connectivity index (χ1n) is 7.15. The largest absolute Gasteiger partial charge is 0.479 e. The van der Waals surface area contributed by atoms with Crippen LogP contribution in [0.3, 0.4) is 0 Å². The molecule has 0 aliphatic heterocycles. The standard InChI is InChI=1S/C16H23N3O2/c1-12(2)19-16(20)8-10-18-13(3)14-4-6-15(7-5-14)21-11-9-17/h4-7,12-13,18H,8,10-11H2,1-3H3,(H,19,20). The molecule has 0 fully saturated rings. The highest BCUT2D eigenvalue weighted by Crippen LogP contribution is 2.17. The summed E-state index contributed by atoms with van der Waals surface area (Å²) in [7, 11) is 0. The van der Waals surface area contributed by atoms with Crippen molar-refractivity contribution in [2.75, 3.05) is 13.2 Å². The zero-order chi connectivity index (χ0) is 15.7. The van der Waals surface area contributed by atoms with Gasteiger partial charge in [0.2, 0.25) is 5.91 Å². The van der Waals surface area contributed by atoms with E-state index in [2.05, 4.69) is 10.6 Å². The molecule has 2 N–H and O–H groups in total. The van der Waals surface area contributed by atoms with E-state index in [1.165, 1.54) is 0 Å². The van der Waals surface area contributed by atoms with Crippen molar-refractivity contribution in [2.24, 2.45) is 0 Å². The van der Waals surface area contributed by atoms with Crippen LogP contribution in [0.15, 0.2) is 24.3 Å². The molecule has 1 aromatic carbocycles. The van der Waals surface area contributed by atoms with Gasteiger partial charge in [0.25, 0.3) is 0 Å². The zero-order valence-corrected chi connectivity index (χ0v) is 12.8. The molecule has 1 unspecified atom stereocenters. The molecule has 0 aliphatic carbocycles. The number of amides is 1. The van der Waals surface area contributed by atoms with Crippen LogP contribution in [0.2, 0.25) is 0 Å². The fourth-order valence-corrected chi connectivity index (χ4v) is 1.88. The number of nitrogens with zero attached hydrogens (tertiary/aromatic N) is 1. The minimum absolute atomic E-state index is 0.0537. The summed E-state index contributed by atoms with van der Waals surface area (Å²) in [6, 6.07) is 9.87. The van der Waals surface area contributed by atoms with Crippen LogP contribution in [-0.2, 0) is 4.79 Å². The SMILES string of the molecule is CC(C)NC(=O)CCNC(C)c1ccc(OCC#N)cc1. The fraction of sp³-hybridized carbons (Fsp3) is 0.500. The molecule has 0 radical (unpaired) electrons. The molecule has 21 heavy (non-hydrogen) atoms. The summed E-state index contributed by atoms with van der Waals surface area (Å²) in [5, 5.41) is 14.6. The van der Waals surface area contributed by atoms with Crippen molar-refractivity contribution in [1.82, 2.24) is 10.6 Å². The van der Waals surface area contributed by atoms with E-state index >= 15 is 0 Å². The third kappa shape index (κ3) is 6.77. The van der Waals surface area contributed by atoms with Crippen LogP contribution >= 0.6 is 0 Å². The van der Waals surface area contributed by atoms with Crippen molar-refractivity contribution in [2.45, 2.75) is 39.3 Å². The number of nitrogens with one attached hydrogen (secondary N) is 2. The molecule has 0 saturated heterocycles. The van der Waals surface area contributed by atoms with Crippen molar-refractivity contribution in [1.29, 1.82) is 5.26 Å². The van der Waals surface area contributed by atoms with E-state index in [4.69, 9.17) is 10.00 Å². The number of carbonyl (C=O) groups excluding carboxylic acids is 1. The number of hydrogen-bond acceptors (Lipinski definition) is 4. The average molecular weight is 289 g/mol. The molecular formula is C16H23N3O2. The monoisotopic (exact) mass is 289 g/mol. The minimum atomic E-state index is 0.0537. The number of hydrogen-bond donors (Lipinski definition) is 2. The Morgan fingerprint density at radius 2 is 1.95 bits per heavy atom. The third-order valence-electron chi connectivity index (χ3n) is 2.94. The first-order chi connectivity index (χ1) is 10.0. The molecule has 1 atom stereocenters. The lowest BCUT2D eigenvalue weighted by molar-refractivity contribution is -0.121. The van der Waals surface area contributed by atoms with Gasteiger partial charge in [-0.25, -0.2) is 0 Å². The molecule has 0 saturated carbocycles. The summed E-state index contributed by atoms with van der Waals surface area (Å²) in [5.41, 5.74) is 1.11. The Morgan fingerprint density at radius 3 is 2.52 bits per heavy atom. The summed E-state index contributed by atoms with van der Waals surface area (Å²) in [4.78, 5) is 11.5. The second-order valence-electron chi connectivity index (χ2n) is 5.16. The van der Waals surface area contributed by atoms with Gasteiger partial charge in [-0.15, -0.1) is 0 Å². The van der Waals surface area contributed by atoms with Gasteiger partial charge in [0.1, 0.15) is 11.8 Å². The smallest absolute Gasteiger partial charge is 0.221 e. The van der Waals surface area contributed by atoms with Crippen LogP contribution in [0.25, 0.3) is 0 Å². The highest BCUT2D eigenvalue weighted by atomic mass is 16.5. The van der Waals surface area contributed by atoms with Crippen LogP contribution in [0, 0.1) is 11.3 Å². The van der Waals surface area contributed by atoms with Crippen LogP contribution in [0.1, 0.15) is 38.8 Å². The van der Waals surface area contributed by atoms with Gasteiger partial charge < -0.3 is 15.4 Å². The zero-order valence-electron chi connectivity index (χ0n) is 12.8. The second-order valence-corrected chi connectivity index (χ2v) is 5.16. The van der Waals surface area contributed by atoms with E-state index in [0.29, 0.717) is 18.7 Å². The van der Waals surface area contributed by atoms with Crippen molar-refractivity contribution in [3.05, 3.63) is 29.8 Å². The quantitative estimate of drug-likeness (QED) is 0.769. The van der Waals surface area contributed by atoms with Crippen molar-refractivity contribution in [3.63, 3.8) is 0 Å². The molecular weight excluding hydrogens is 266 g/mol. The molecule has 114 valence electrons. The molecule has 0 aromatic heterocycles. The van der Waals surface area contributed by atoms with E-state index in [9.17, 15) is 4.79 Å². The maximum Gasteiger partial charge on any atom is 0.221 e. The number of benzene rings is 1. The average Bonchev–Trinajstić information content (AvgIpc) is 2.44. The minimum Gasteiger partial charge on any atom is -0.479 e. The number of ether oxygens (including phenoxy) is 1. The first kappa shape index (κ1) is 17.0.